The van der Waals surface area contributed by atoms with Gasteiger partial charge in [0.2, 0.25) is 5.88 Å². The molecule has 6 heteroatoms. The number of pyridine rings is 1. The number of fused-ring (bicyclic) bond motifs is 1. The molecule has 0 N–H and O–H groups in total. The third-order valence-corrected chi connectivity index (χ3v) is 4.35. The van der Waals surface area contributed by atoms with Crippen LogP contribution < -0.4 is 4.74 Å². The van der Waals surface area contributed by atoms with Gasteiger partial charge in [0.1, 0.15) is 11.3 Å². The molecule has 2 aromatic heterocycles. The Bertz CT molecular complexity index is 629. The predicted octanol–water partition coefficient (Wildman–Crippen LogP) is 2.96. The van der Waals surface area contributed by atoms with E-state index in [1.165, 1.54) is 0 Å². The Morgan fingerprint density at radius 3 is 2.86 bits per heavy atom. The zero-order valence-electron chi connectivity index (χ0n) is 12.4. The molecule has 0 spiro atoms. The SMILES string of the molecule is COc1ccc2nc(CCCl)n(C3CCCC3OC)c2n1. The fourth-order valence-corrected chi connectivity index (χ4v) is 3.37. The minimum Gasteiger partial charge on any atom is -0.481 e. The molecule has 1 aliphatic carbocycles. The van der Waals surface area contributed by atoms with Crippen LogP contribution in [0.1, 0.15) is 31.1 Å². The van der Waals surface area contributed by atoms with Crippen LogP contribution in [0.25, 0.3) is 11.2 Å². The Morgan fingerprint density at radius 1 is 1.29 bits per heavy atom. The first-order valence-corrected chi connectivity index (χ1v) is 7.82. The molecule has 2 unspecified atom stereocenters. The second-order valence-electron chi connectivity index (χ2n) is 5.31. The van der Waals surface area contributed by atoms with Crippen LogP contribution in [0.4, 0.5) is 0 Å². The standard InChI is InChI=1S/C15H20ClN3O2/c1-20-12-5-3-4-11(12)19-13(8-9-16)17-10-6-7-14(21-2)18-15(10)19/h6-7,11-12H,3-5,8-9H2,1-2H3. The van der Waals surface area contributed by atoms with Crippen LogP contribution >= 0.6 is 11.6 Å². The molecule has 0 bridgehead atoms. The fourth-order valence-electron chi connectivity index (χ4n) is 3.20. The van der Waals surface area contributed by atoms with Gasteiger partial charge in [0.05, 0.1) is 19.3 Å². The molecule has 2 heterocycles. The highest BCUT2D eigenvalue weighted by Crippen LogP contribution is 2.35. The molecule has 3 rings (SSSR count). The van der Waals surface area contributed by atoms with Gasteiger partial charge in [-0.3, -0.25) is 0 Å². The minimum atomic E-state index is 0.212. The number of hydrogen-bond acceptors (Lipinski definition) is 4. The predicted molar refractivity (Wildman–Crippen MR) is 82.2 cm³/mol. The van der Waals surface area contributed by atoms with Crippen molar-refractivity contribution in [3.63, 3.8) is 0 Å². The van der Waals surface area contributed by atoms with Gasteiger partial charge in [-0.15, -0.1) is 11.6 Å². The van der Waals surface area contributed by atoms with Gasteiger partial charge in [0.25, 0.3) is 0 Å². The van der Waals surface area contributed by atoms with Gasteiger partial charge in [0.15, 0.2) is 5.65 Å². The molecule has 1 fully saturated rings. The summed E-state index contributed by atoms with van der Waals surface area (Å²) in [5.41, 5.74) is 1.75. The van der Waals surface area contributed by atoms with E-state index >= 15 is 0 Å². The van der Waals surface area contributed by atoms with E-state index < -0.39 is 0 Å². The van der Waals surface area contributed by atoms with Crippen molar-refractivity contribution in [2.24, 2.45) is 0 Å². The Morgan fingerprint density at radius 2 is 2.14 bits per heavy atom. The molecular formula is C15H20ClN3O2. The van der Waals surface area contributed by atoms with Gasteiger partial charge in [-0.1, -0.05) is 0 Å². The Hall–Kier alpha value is -1.33. The smallest absolute Gasteiger partial charge is 0.215 e. The summed E-state index contributed by atoms with van der Waals surface area (Å²) in [4.78, 5) is 9.29. The summed E-state index contributed by atoms with van der Waals surface area (Å²) in [5.74, 6) is 2.13. The van der Waals surface area contributed by atoms with Crippen LogP contribution in [-0.2, 0) is 11.2 Å². The third-order valence-electron chi connectivity index (χ3n) is 4.16. The molecule has 2 aromatic rings. The highest BCUT2D eigenvalue weighted by Gasteiger charge is 2.32. The maximum atomic E-state index is 5.94. The van der Waals surface area contributed by atoms with Gasteiger partial charge in [-0.25, -0.2) is 4.98 Å². The van der Waals surface area contributed by atoms with Crippen molar-refractivity contribution in [3.8, 4) is 5.88 Å². The highest BCUT2D eigenvalue weighted by atomic mass is 35.5. The maximum Gasteiger partial charge on any atom is 0.215 e. The summed E-state index contributed by atoms with van der Waals surface area (Å²) in [6.45, 7) is 0. The van der Waals surface area contributed by atoms with E-state index in [2.05, 4.69) is 9.55 Å². The average molecular weight is 310 g/mol. The number of aromatic nitrogens is 3. The van der Waals surface area contributed by atoms with E-state index in [9.17, 15) is 0 Å². The lowest BCUT2D eigenvalue weighted by molar-refractivity contribution is 0.0751. The Labute approximate surface area is 129 Å². The second-order valence-corrected chi connectivity index (χ2v) is 5.68. The molecule has 21 heavy (non-hydrogen) atoms. The number of methoxy groups -OCH3 is 2. The topological polar surface area (TPSA) is 49.2 Å². The molecule has 0 saturated heterocycles. The van der Waals surface area contributed by atoms with Gasteiger partial charge in [-0.2, -0.15) is 4.98 Å². The van der Waals surface area contributed by atoms with Gasteiger partial charge >= 0.3 is 0 Å². The maximum absolute atomic E-state index is 5.94. The first kappa shape index (κ1) is 14.6. The largest absolute Gasteiger partial charge is 0.481 e. The molecule has 5 nitrogen and oxygen atoms in total. The number of hydrogen-bond donors (Lipinski definition) is 0. The molecule has 2 atom stereocenters. The lowest BCUT2D eigenvalue weighted by atomic mass is 10.2. The zero-order chi connectivity index (χ0) is 14.8. The summed E-state index contributed by atoms with van der Waals surface area (Å²) in [6.07, 6.45) is 4.26. The Kier molecular flexibility index (Phi) is 4.31. The quantitative estimate of drug-likeness (QED) is 0.797. The molecular weight excluding hydrogens is 290 g/mol. The number of alkyl halides is 1. The highest BCUT2D eigenvalue weighted by molar-refractivity contribution is 6.17. The van der Waals surface area contributed by atoms with Crippen molar-refractivity contribution >= 4 is 22.8 Å². The minimum absolute atomic E-state index is 0.212. The van der Waals surface area contributed by atoms with Crippen LogP contribution in [0.5, 0.6) is 5.88 Å². The van der Waals surface area contributed by atoms with Crippen LogP contribution in [-0.4, -0.2) is 40.7 Å². The van der Waals surface area contributed by atoms with E-state index in [0.717, 1.165) is 42.7 Å². The fraction of sp³-hybridized carbons (Fsp3) is 0.600. The molecule has 1 aliphatic rings. The Balaban J connectivity index is 2.14. The number of imidazole rings is 1. The molecule has 0 aromatic carbocycles. The van der Waals surface area contributed by atoms with E-state index in [1.807, 2.05) is 12.1 Å². The molecule has 0 amide bonds. The number of nitrogens with zero attached hydrogens (tertiary/aromatic N) is 3. The summed E-state index contributed by atoms with van der Waals surface area (Å²) in [6, 6.07) is 4.07. The van der Waals surface area contributed by atoms with Gasteiger partial charge in [-0.05, 0) is 25.3 Å². The van der Waals surface area contributed by atoms with Gasteiger partial charge < -0.3 is 14.0 Å². The monoisotopic (exact) mass is 309 g/mol. The number of aryl methyl sites for hydroxylation is 1. The van der Waals surface area contributed by atoms with Crippen LogP contribution in [0.15, 0.2) is 12.1 Å². The zero-order valence-corrected chi connectivity index (χ0v) is 13.1. The van der Waals surface area contributed by atoms with E-state index in [-0.39, 0.29) is 12.1 Å². The number of rotatable bonds is 5. The first-order chi connectivity index (χ1) is 10.3. The lowest BCUT2D eigenvalue weighted by Gasteiger charge is -2.22. The van der Waals surface area contributed by atoms with Crippen LogP contribution in [0, 0.1) is 0 Å². The van der Waals surface area contributed by atoms with Crippen LogP contribution in [0.3, 0.4) is 0 Å². The number of halogens is 1. The lowest BCUT2D eigenvalue weighted by Crippen LogP contribution is -2.22. The average Bonchev–Trinajstić information content (AvgIpc) is 3.09. The third kappa shape index (κ3) is 2.60. The summed E-state index contributed by atoms with van der Waals surface area (Å²) < 4.78 is 13.1. The number of ether oxygens (including phenoxy) is 2. The first-order valence-electron chi connectivity index (χ1n) is 7.29. The van der Waals surface area contributed by atoms with Gasteiger partial charge in [0, 0.05) is 25.5 Å². The van der Waals surface area contributed by atoms with E-state index in [4.69, 9.17) is 26.1 Å². The second kappa shape index (κ2) is 6.20. The van der Waals surface area contributed by atoms with Crippen molar-refractivity contribution in [3.05, 3.63) is 18.0 Å². The summed E-state index contributed by atoms with van der Waals surface area (Å²) >= 11 is 5.94. The van der Waals surface area contributed by atoms with Crippen molar-refractivity contribution in [1.82, 2.24) is 14.5 Å². The van der Waals surface area contributed by atoms with Crippen LogP contribution in [0.2, 0.25) is 0 Å². The molecule has 0 aliphatic heterocycles. The van der Waals surface area contributed by atoms with Crippen molar-refractivity contribution in [1.29, 1.82) is 0 Å². The summed E-state index contributed by atoms with van der Waals surface area (Å²) in [7, 11) is 3.40. The van der Waals surface area contributed by atoms with E-state index in [1.54, 1.807) is 14.2 Å². The van der Waals surface area contributed by atoms with Crippen molar-refractivity contribution in [2.45, 2.75) is 37.8 Å². The molecule has 0 radical (unpaired) electrons. The van der Waals surface area contributed by atoms with Crippen molar-refractivity contribution in [2.75, 3.05) is 20.1 Å². The van der Waals surface area contributed by atoms with Crippen molar-refractivity contribution < 1.29 is 9.47 Å². The molecule has 1 saturated carbocycles. The molecule has 114 valence electrons. The summed E-state index contributed by atoms with van der Waals surface area (Å²) in [5, 5.41) is 0. The van der Waals surface area contributed by atoms with E-state index in [0.29, 0.717) is 11.8 Å². The normalized spacial score (nSPS) is 22.0.